The van der Waals surface area contributed by atoms with Gasteiger partial charge >= 0.3 is 5.97 Å². The summed E-state index contributed by atoms with van der Waals surface area (Å²) in [5, 5.41) is 3.86. The zero-order chi connectivity index (χ0) is 13.5. The number of aromatic nitrogens is 3. The molecule has 5 nitrogen and oxygen atoms in total. The van der Waals surface area contributed by atoms with E-state index in [4.69, 9.17) is 4.74 Å². The third-order valence-corrected chi connectivity index (χ3v) is 3.01. The van der Waals surface area contributed by atoms with Crippen molar-refractivity contribution in [3.8, 4) is 0 Å². The summed E-state index contributed by atoms with van der Waals surface area (Å²) in [7, 11) is 0. The molecule has 0 N–H and O–H groups in total. The Kier molecular flexibility index (Phi) is 3.08. The molecule has 0 bridgehead atoms. The minimum atomic E-state index is -2.89. The molecule has 0 fully saturated rings. The second-order valence-electron chi connectivity index (χ2n) is 4.57. The van der Waals surface area contributed by atoms with E-state index in [1.165, 1.54) is 0 Å². The average molecular weight is 259 g/mol. The van der Waals surface area contributed by atoms with Gasteiger partial charge < -0.3 is 4.74 Å². The highest BCUT2D eigenvalue weighted by atomic mass is 19.3. The fraction of sp³-hybridized carbons (Fsp3) is 0.727. The highest BCUT2D eigenvalue weighted by Gasteiger charge is 2.45. The lowest BCUT2D eigenvalue weighted by atomic mass is 10.0. The normalized spacial score (nSPS) is 22.9. The monoisotopic (exact) mass is 259 g/mol. The van der Waals surface area contributed by atoms with Gasteiger partial charge in [-0.15, -0.1) is 5.10 Å². The Bertz CT molecular complexity index is 467. The summed E-state index contributed by atoms with van der Waals surface area (Å²) in [5.41, 5.74) is 0. The van der Waals surface area contributed by atoms with Gasteiger partial charge in [0.1, 0.15) is 11.9 Å². The molecule has 2 unspecified atom stereocenters. The number of hydrogen-bond acceptors (Lipinski definition) is 4. The number of carbonyl (C=O) groups excluding carboxylic acids is 1. The second kappa shape index (κ2) is 4.29. The molecular weight excluding hydrogens is 244 g/mol. The van der Waals surface area contributed by atoms with Crippen molar-refractivity contribution in [1.82, 2.24) is 14.8 Å². The number of ether oxygens (including phenoxy) is 1. The number of fused-ring (bicyclic) bond motifs is 1. The third-order valence-electron chi connectivity index (χ3n) is 3.01. The Balaban J connectivity index is 2.34. The van der Waals surface area contributed by atoms with Crippen molar-refractivity contribution < 1.29 is 18.3 Å². The van der Waals surface area contributed by atoms with E-state index in [1.807, 2.05) is 0 Å². The van der Waals surface area contributed by atoms with E-state index in [2.05, 4.69) is 10.1 Å². The second-order valence-corrected chi connectivity index (χ2v) is 4.57. The smallest absolute Gasteiger partial charge is 0.378 e. The summed E-state index contributed by atoms with van der Waals surface area (Å²) in [6.45, 7) is 4.51. The van der Waals surface area contributed by atoms with Gasteiger partial charge in [-0.3, -0.25) is 0 Å². The van der Waals surface area contributed by atoms with Crippen LogP contribution in [0, 0.1) is 0 Å². The Morgan fingerprint density at radius 1 is 1.61 bits per heavy atom. The van der Waals surface area contributed by atoms with Crippen molar-refractivity contribution in [2.24, 2.45) is 0 Å². The molecule has 0 radical (unpaired) electrons. The lowest BCUT2D eigenvalue weighted by Gasteiger charge is -2.19. The van der Waals surface area contributed by atoms with Crippen LogP contribution < -0.4 is 0 Å². The van der Waals surface area contributed by atoms with Crippen LogP contribution in [0.2, 0.25) is 0 Å². The van der Waals surface area contributed by atoms with Gasteiger partial charge in [-0.1, -0.05) is 6.92 Å². The standard InChI is InChI=1S/C11H15F2N3O2/c1-4-18-10(17)8-14-9-6(2)5-7(11(3,12)13)16(9)15-8/h6-7H,4-5H2,1-3H3. The highest BCUT2D eigenvalue weighted by Crippen LogP contribution is 2.42. The summed E-state index contributed by atoms with van der Waals surface area (Å²) < 4.78 is 32.8. The van der Waals surface area contributed by atoms with Gasteiger partial charge in [0, 0.05) is 12.8 Å². The zero-order valence-electron chi connectivity index (χ0n) is 10.5. The fourth-order valence-electron chi connectivity index (χ4n) is 2.14. The van der Waals surface area contributed by atoms with Gasteiger partial charge in [0.2, 0.25) is 0 Å². The minimum Gasteiger partial charge on any atom is -0.460 e. The first-order valence-corrected chi connectivity index (χ1v) is 5.86. The van der Waals surface area contributed by atoms with Gasteiger partial charge in [0.05, 0.1) is 6.61 Å². The molecule has 18 heavy (non-hydrogen) atoms. The summed E-state index contributed by atoms with van der Waals surface area (Å²) in [5.74, 6) is -3.43. The summed E-state index contributed by atoms with van der Waals surface area (Å²) >= 11 is 0. The topological polar surface area (TPSA) is 57.0 Å². The van der Waals surface area contributed by atoms with E-state index < -0.39 is 17.9 Å². The molecule has 100 valence electrons. The molecule has 0 aliphatic carbocycles. The Labute approximate surface area is 103 Å². The van der Waals surface area contributed by atoms with Crippen LogP contribution in [-0.2, 0) is 4.74 Å². The molecule has 0 saturated heterocycles. The molecule has 2 rings (SSSR count). The van der Waals surface area contributed by atoms with E-state index in [9.17, 15) is 13.6 Å². The van der Waals surface area contributed by atoms with E-state index in [1.54, 1.807) is 13.8 Å². The van der Waals surface area contributed by atoms with Gasteiger partial charge in [-0.2, -0.15) is 0 Å². The quantitative estimate of drug-likeness (QED) is 0.780. The van der Waals surface area contributed by atoms with Crippen LogP contribution in [0.4, 0.5) is 8.78 Å². The largest absolute Gasteiger partial charge is 0.460 e. The number of alkyl halides is 2. The predicted octanol–water partition coefficient (Wildman–Crippen LogP) is 2.16. The van der Waals surface area contributed by atoms with Crippen LogP contribution in [0.5, 0.6) is 0 Å². The van der Waals surface area contributed by atoms with Crippen LogP contribution in [0.3, 0.4) is 0 Å². The predicted molar refractivity (Wildman–Crippen MR) is 58.7 cm³/mol. The van der Waals surface area contributed by atoms with Crippen molar-refractivity contribution in [1.29, 1.82) is 0 Å². The van der Waals surface area contributed by atoms with Gasteiger partial charge in [0.15, 0.2) is 0 Å². The first-order valence-electron chi connectivity index (χ1n) is 5.86. The van der Waals surface area contributed by atoms with Crippen LogP contribution in [-0.4, -0.2) is 33.3 Å². The summed E-state index contributed by atoms with van der Waals surface area (Å²) in [6.07, 6.45) is 0.280. The van der Waals surface area contributed by atoms with E-state index in [-0.39, 0.29) is 24.8 Å². The van der Waals surface area contributed by atoms with Gasteiger partial charge in [-0.05, 0) is 13.3 Å². The third kappa shape index (κ3) is 2.09. The Hall–Kier alpha value is -1.53. The molecule has 2 atom stereocenters. The first-order chi connectivity index (χ1) is 8.34. The zero-order valence-corrected chi connectivity index (χ0v) is 10.5. The highest BCUT2D eigenvalue weighted by molar-refractivity contribution is 5.85. The first kappa shape index (κ1) is 12.9. The molecule has 1 aromatic heterocycles. The van der Waals surface area contributed by atoms with E-state index in [0.717, 1.165) is 11.6 Å². The molecule has 0 spiro atoms. The van der Waals surface area contributed by atoms with E-state index in [0.29, 0.717) is 5.82 Å². The van der Waals surface area contributed by atoms with Crippen molar-refractivity contribution in [3.05, 3.63) is 11.6 Å². The number of rotatable bonds is 3. The van der Waals surface area contributed by atoms with Crippen molar-refractivity contribution >= 4 is 5.97 Å². The van der Waals surface area contributed by atoms with Crippen LogP contribution >= 0.6 is 0 Å². The number of nitrogens with zero attached hydrogens (tertiary/aromatic N) is 3. The van der Waals surface area contributed by atoms with Crippen LogP contribution in [0.15, 0.2) is 0 Å². The maximum atomic E-state index is 13.4. The molecular formula is C11H15F2N3O2. The molecule has 1 aromatic rings. The van der Waals surface area contributed by atoms with Gasteiger partial charge in [-0.25, -0.2) is 23.2 Å². The van der Waals surface area contributed by atoms with Gasteiger partial charge in [0.25, 0.3) is 11.7 Å². The molecule has 2 heterocycles. The Morgan fingerprint density at radius 3 is 2.83 bits per heavy atom. The molecule has 0 aromatic carbocycles. The average Bonchev–Trinajstić information content (AvgIpc) is 2.78. The maximum Gasteiger partial charge on any atom is 0.378 e. The SMILES string of the molecule is CCOC(=O)c1nc2n(n1)C(C(C)(F)F)CC2C. The lowest BCUT2D eigenvalue weighted by Crippen LogP contribution is -2.26. The van der Waals surface area contributed by atoms with Crippen LogP contribution in [0.25, 0.3) is 0 Å². The summed E-state index contributed by atoms with van der Waals surface area (Å²) in [4.78, 5) is 15.5. The molecule has 1 aliphatic heterocycles. The lowest BCUT2D eigenvalue weighted by molar-refractivity contribution is -0.0349. The van der Waals surface area contributed by atoms with E-state index >= 15 is 0 Å². The van der Waals surface area contributed by atoms with Crippen molar-refractivity contribution in [3.63, 3.8) is 0 Å². The maximum absolute atomic E-state index is 13.4. The number of carbonyl (C=O) groups is 1. The van der Waals surface area contributed by atoms with Crippen LogP contribution in [0.1, 0.15) is 55.6 Å². The summed E-state index contributed by atoms with van der Waals surface area (Å²) in [6, 6.07) is -1.04. The van der Waals surface area contributed by atoms with Crippen molar-refractivity contribution in [2.45, 2.75) is 45.1 Å². The fourth-order valence-corrected chi connectivity index (χ4v) is 2.14. The molecule has 0 amide bonds. The molecule has 7 heteroatoms. The molecule has 1 aliphatic rings. The number of esters is 1. The number of halogens is 2. The molecule has 0 saturated carbocycles. The number of hydrogen-bond donors (Lipinski definition) is 0. The minimum absolute atomic E-state index is 0.142. The van der Waals surface area contributed by atoms with Crippen molar-refractivity contribution in [2.75, 3.05) is 6.61 Å². The Morgan fingerprint density at radius 2 is 2.28 bits per heavy atom.